The van der Waals surface area contributed by atoms with E-state index in [1.807, 2.05) is 0 Å². The topological polar surface area (TPSA) is 79.3 Å². The molecule has 0 spiro atoms. The van der Waals surface area contributed by atoms with Crippen molar-refractivity contribution in [2.24, 2.45) is 0 Å². The van der Waals surface area contributed by atoms with Crippen LogP contribution in [-0.4, -0.2) is 22.0 Å². The molecule has 0 bridgehead atoms. The number of amides is 1. The van der Waals surface area contributed by atoms with Crippen molar-refractivity contribution < 1.29 is 14.7 Å². The number of carbonyl (C=O) groups excluding carboxylic acids is 1. The second-order valence-electron chi connectivity index (χ2n) is 3.56. The van der Waals surface area contributed by atoms with Gasteiger partial charge in [-0.1, -0.05) is 0 Å². The second-order valence-corrected chi connectivity index (χ2v) is 4.64. The van der Waals surface area contributed by atoms with Gasteiger partial charge in [-0.3, -0.25) is 9.78 Å². The number of pyridine rings is 1. The molecule has 0 saturated heterocycles. The van der Waals surface area contributed by atoms with Crippen LogP contribution in [0.4, 0.5) is 5.00 Å². The van der Waals surface area contributed by atoms with Crippen molar-refractivity contribution in [2.45, 2.75) is 6.92 Å². The highest BCUT2D eigenvalue weighted by Gasteiger charge is 2.12. The molecule has 0 aliphatic heterocycles. The number of carboxylic acids is 1. The summed E-state index contributed by atoms with van der Waals surface area (Å²) in [6, 6.07) is 6.37. The van der Waals surface area contributed by atoms with Crippen LogP contribution in [0.1, 0.15) is 25.7 Å². The Balaban J connectivity index is 2.16. The molecule has 0 aromatic carbocycles. The molecule has 2 aromatic rings. The number of nitrogens with zero attached hydrogens (tertiary/aromatic N) is 1. The van der Waals surface area contributed by atoms with E-state index in [2.05, 4.69) is 10.3 Å². The Kier molecular flexibility index (Phi) is 3.38. The van der Waals surface area contributed by atoms with E-state index in [0.717, 1.165) is 11.3 Å². The van der Waals surface area contributed by atoms with Crippen molar-refractivity contribution in [1.29, 1.82) is 0 Å². The number of carboxylic acid groups (broad SMARTS) is 1. The Morgan fingerprint density at radius 3 is 2.72 bits per heavy atom. The Hall–Kier alpha value is -2.21. The number of hydrogen-bond donors (Lipinski definition) is 2. The molecule has 0 fully saturated rings. The number of rotatable bonds is 3. The van der Waals surface area contributed by atoms with Gasteiger partial charge in [-0.05, 0) is 31.2 Å². The fourth-order valence-electron chi connectivity index (χ4n) is 1.42. The highest BCUT2D eigenvalue weighted by Crippen LogP contribution is 2.22. The maximum absolute atomic E-state index is 11.9. The molecule has 0 atom stereocenters. The van der Waals surface area contributed by atoms with Gasteiger partial charge in [0.1, 0.15) is 4.88 Å². The first-order chi connectivity index (χ1) is 8.58. The summed E-state index contributed by atoms with van der Waals surface area (Å²) in [5.41, 5.74) is 1.10. The number of aromatic carboxylic acids is 1. The normalized spacial score (nSPS) is 10.1. The molecule has 0 aliphatic rings. The van der Waals surface area contributed by atoms with Gasteiger partial charge in [-0.25, -0.2) is 4.79 Å². The van der Waals surface area contributed by atoms with Crippen LogP contribution in [0.3, 0.4) is 0 Å². The molecule has 2 rings (SSSR count). The molecule has 2 N–H and O–H groups in total. The zero-order chi connectivity index (χ0) is 13.1. The largest absolute Gasteiger partial charge is 0.477 e. The summed E-state index contributed by atoms with van der Waals surface area (Å²) >= 11 is 1.02. The lowest BCUT2D eigenvalue weighted by Crippen LogP contribution is -2.12. The van der Waals surface area contributed by atoms with Crippen LogP contribution in [0.15, 0.2) is 30.5 Å². The lowest BCUT2D eigenvalue weighted by Gasteiger charge is -2.04. The molecule has 1 amide bonds. The fraction of sp³-hybridized carbons (Fsp3) is 0.0833. The Labute approximate surface area is 107 Å². The molecular formula is C12H10N2O3S. The quantitative estimate of drug-likeness (QED) is 0.890. The van der Waals surface area contributed by atoms with Crippen LogP contribution >= 0.6 is 11.3 Å². The number of nitrogens with one attached hydrogen (secondary N) is 1. The van der Waals surface area contributed by atoms with Crippen molar-refractivity contribution in [2.75, 3.05) is 5.32 Å². The number of anilines is 1. The molecule has 0 saturated carbocycles. The number of thiophene rings is 1. The van der Waals surface area contributed by atoms with Crippen molar-refractivity contribution in [3.05, 3.63) is 46.6 Å². The summed E-state index contributed by atoms with van der Waals surface area (Å²) in [6.45, 7) is 1.74. The van der Waals surface area contributed by atoms with Crippen LogP contribution in [0.25, 0.3) is 0 Å². The van der Waals surface area contributed by atoms with E-state index in [0.29, 0.717) is 16.3 Å². The summed E-state index contributed by atoms with van der Waals surface area (Å²) in [6.07, 6.45) is 1.61. The Bertz CT molecular complexity index is 607. The van der Waals surface area contributed by atoms with Gasteiger partial charge in [0.15, 0.2) is 0 Å². The molecule has 0 radical (unpaired) electrons. The minimum atomic E-state index is -1.00. The standard InChI is InChI=1S/C12H10N2O3S/c1-7-8(3-2-6-13-7)11(15)14-10-5-4-9(18-10)12(16)17/h2-6H,1H3,(H,14,15)(H,16,17). The number of aryl methyl sites for hydroxylation is 1. The fourth-order valence-corrected chi connectivity index (χ4v) is 2.16. The van der Waals surface area contributed by atoms with E-state index in [1.54, 1.807) is 31.3 Å². The number of carbonyl (C=O) groups is 2. The van der Waals surface area contributed by atoms with E-state index >= 15 is 0 Å². The molecule has 92 valence electrons. The van der Waals surface area contributed by atoms with E-state index in [4.69, 9.17) is 5.11 Å². The van der Waals surface area contributed by atoms with Gasteiger partial charge in [0, 0.05) is 11.9 Å². The maximum Gasteiger partial charge on any atom is 0.345 e. The minimum Gasteiger partial charge on any atom is -0.477 e. The summed E-state index contributed by atoms with van der Waals surface area (Å²) in [4.78, 5) is 26.8. The zero-order valence-electron chi connectivity index (χ0n) is 9.51. The third-order valence-electron chi connectivity index (χ3n) is 2.31. The average Bonchev–Trinajstić information content (AvgIpc) is 2.78. The second kappa shape index (κ2) is 4.97. The van der Waals surface area contributed by atoms with Crippen molar-refractivity contribution in [3.63, 3.8) is 0 Å². The third kappa shape index (κ3) is 2.54. The van der Waals surface area contributed by atoms with Gasteiger partial charge >= 0.3 is 5.97 Å². The van der Waals surface area contributed by atoms with Crippen molar-refractivity contribution >= 4 is 28.2 Å². The number of hydrogen-bond acceptors (Lipinski definition) is 4. The Morgan fingerprint density at radius 1 is 1.33 bits per heavy atom. The molecule has 2 heterocycles. The predicted octanol–water partition coefficient (Wildman–Crippen LogP) is 2.40. The minimum absolute atomic E-state index is 0.188. The Morgan fingerprint density at radius 2 is 2.11 bits per heavy atom. The molecule has 2 aromatic heterocycles. The monoisotopic (exact) mass is 262 g/mol. The van der Waals surface area contributed by atoms with Crippen LogP contribution < -0.4 is 5.32 Å². The van der Waals surface area contributed by atoms with Gasteiger partial charge in [-0.15, -0.1) is 11.3 Å². The average molecular weight is 262 g/mol. The van der Waals surface area contributed by atoms with Gasteiger partial charge in [-0.2, -0.15) is 0 Å². The molecular weight excluding hydrogens is 252 g/mol. The zero-order valence-corrected chi connectivity index (χ0v) is 10.3. The summed E-state index contributed by atoms with van der Waals surface area (Å²) < 4.78 is 0. The van der Waals surface area contributed by atoms with Crippen molar-refractivity contribution in [1.82, 2.24) is 4.98 Å². The van der Waals surface area contributed by atoms with Crippen molar-refractivity contribution in [3.8, 4) is 0 Å². The van der Waals surface area contributed by atoms with Crippen LogP contribution in [0.5, 0.6) is 0 Å². The molecule has 6 heteroatoms. The molecule has 5 nitrogen and oxygen atoms in total. The summed E-state index contributed by atoms with van der Waals surface area (Å²) in [5.74, 6) is -1.29. The van der Waals surface area contributed by atoms with Gasteiger partial charge in [0.2, 0.25) is 0 Å². The SMILES string of the molecule is Cc1ncccc1C(=O)Nc1ccc(C(=O)O)s1. The molecule has 0 unspecified atom stereocenters. The molecule has 0 aliphatic carbocycles. The number of aromatic nitrogens is 1. The first-order valence-corrected chi connectivity index (χ1v) is 5.95. The van der Waals surface area contributed by atoms with E-state index in [9.17, 15) is 9.59 Å². The highest BCUT2D eigenvalue weighted by atomic mass is 32.1. The van der Waals surface area contributed by atoms with E-state index in [-0.39, 0.29) is 10.8 Å². The first kappa shape index (κ1) is 12.3. The van der Waals surface area contributed by atoms with Crippen LogP contribution in [-0.2, 0) is 0 Å². The van der Waals surface area contributed by atoms with Crippen LogP contribution in [0.2, 0.25) is 0 Å². The van der Waals surface area contributed by atoms with E-state index < -0.39 is 5.97 Å². The van der Waals surface area contributed by atoms with Gasteiger partial charge in [0.05, 0.1) is 10.6 Å². The lowest BCUT2D eigenvalue weighted by molar-refractivity contribution is 0.0702. The lowest BCUT2D eigenvalue weighted by atomic mass is 10.2. The highest BCUT2D eigenvalue weighted by molar-refractivity contribution is 7.18. The predicted molar refractivity (Wildman–Crippen MR) is 68.2 cm³/mol. The maximum atomic E-state index is 11.9. The van der Waals surface area contributed by atoms with E-state index in [1.165, 1.54) is 6.07 Å². The van der Waals surface area contributed by atoms with Gasteiger partial charge < -0.3 is 10.4 Å². The van der Waals surface area contributed by atoms with Gasteiger partial charge in [0.25, 0.3) is 5.91 Å². The third-order valence-corrected chi connectivity index (χ3v) is 3.29. The summed E-state index contributed by atoms with van der Waals surface area (Å²) in [5, 5.41) is 11.9. The first-order valence-electron chi connectivity index (χ1n) is 5.14. The smallest absolute Gasteiger partial charge is 0.345 e. The van der Waals surface area contributed by atoms with Crippen LogP contribution in [0, 0.1) is 6.92 Å². The molecule has 18 heavy (non-hydrogen) atoms. The summed E-state index contributed by atoms with van der Waals surface area (Å²) in [7, 11) is 0.